The average Bonchev–Trinajstić information content (AvgIpc) is 3.15. The molecule has 6 nitrogen and oxygen atoms in total. The fraction of sp³-hybridized carbons (Fsp3) is 0.500. The predicted molar refractivity (Wildman–Crippen MR) is 119 cm³/mol. The van der Waals surface area contributed by atoms with E-state index in [2.05, 4.69) is 35.6 Å². The largest absolute Gasteiger partial charge is 0.379 e. The smallest absolute Gasteiger partial charge is 0.250 e. The number of imidazole rings is 1. The third kappa shape index (κ3) is 3.33. The van der Waals surface area contributed by atoms with Crippen molar-refractivity contribution in [1.82, 2.24) is 14.1 Å². The fourth-order valence-corrected chi connectivity index (χ4v) is 4.99. The van der Waals surface area contributed by atoms with E-state index in [-0.39, 0.29) is 5.56 Å². The van der Waals surface area contributed by atoms with Crippen LogP contribution >= 0.6 is 0 Å². The molecule has 2 unspecified atom stereocenters. The maximum Gasteiger partial charge on any atom is 0.250 e. The van der Waals surface area contributed by atoms with Crippen molar-refractivity contribution in [2.24, 2.45) is 0 Å². The van der Waals surface area contributed by atoms with Gasteiger partial charge in [-0.15, -0.1) is 0 Å². The zero-order chi connectivity index (χ0) is 20.7. The highest BCUT2D eigenvalue weighted by Crippen LogP contribution is 2.37. The summed E-state index contributed by atoms with van der Waals surface area (Å²) in [4.78, 5) is 19.7. The molecule has 1 fully saturated rings. The third-order valence-corrected chi connectivity index (χ3v) is 6.85. The fourth-order valence-electron chi connectivity index (χ4n) is 4.99. The Morgan fingerprint density at radius 3 is 2.90 bits per heavy atom. The molecule has 0 radical (unpaired) electrons. The summed E-state index contributed by atoms with van der Waals surface area (Å²) in [7, 11) is 2.18. The standard InChI is InChI=1S/C24H30N4O2/c1-17-8-9-19-20(26(17)2)10-11-21-24(19)25-22(28(21)18-6-5-15-30-16-18)12-14-27-13-4-3-7-23(27)29/h3-4,7,10-11,13,17-18H,5-6,8-9,12,14-16H2,1-2H3. The summed E-state index contributed by atoms with van der Waals surface area (Å²) >= 11 is 0. The van der Waals surface area contributed by atoms with Crippen LogP contribution in [0.25, 0.3) is 11.0 Å². The van der Waals surface area contributed by atoms with Crippen LogP contribution in [0.4, 0.5) is 5.69 Å². The van der Waals surface area contributed by atoms with Crippen molar-refractivity contribution in [2.45, 2.75) is 57.7 Å². The molecule has 4 heterocycles. The number of ether oxygens (including phenoxy) is 1. The molecule has 30 heavy (non-hydrogen) atoms. The van der Waals surface area contributed by atoms with Gasteiger partial charge in [-0.1, -0.05) is 6.07 Å². The Labute approximate surface area is 177 Å². The number of benzene rings is 1. The van der Waals surface area contributed by atoms with E-state index >= 15 is 0 Å². The Kier molecular flexibility index (Phi) is 5.11. The van der Waals surface area contributed by atoms with E-state index in [0.29, 0.717) is 18.6 Å². The number of hydrogen-bond donors (Lipinski definition) is 0. The Morgan fingerprint density at radius 2 is 2.10 bits per heavy atom. The van der Waals surface area contributed by atoms with Crippen molar-refractivity contribution in [3.8, 4) is 0 Å². The van der Waals surface area contributed by atoms with Crippen LogP contribution in [0, 0.1) is 0 Å². The summed E-state index contributed by atoms with van der Waals surface area (Å²) in [6, 6.07) is 10.7. The summed E-state index contributed by atoms with van der Waals surface area (Å²) in [6.07, 6.45) is 6.99. The van der Waals surface area contributed by atoms with Crippen LogP contribution in [0.2, 0.25) is 0 Å². The molecular formula is C24H30N4O2. The number of pyridine rings is 1. The number of nitrogens with zero attached hydrogens (tertiary/aromatic N) is 4. The number of hydrogen-bond acceptors (Lipinski definition) is 4. The summed E-state index contributed by atoms with van der Waals surface area (Å²) in [5, 5.41) is 0. The Bertz CT molecular complexity index is 1110. The molecular weight excluding hydrogens is 376 g/mol. The van der Waals surface area contributed by atoms with Crippen LogP contribution in [0.1, 0.15) is 43.6 Å². The van der Waals surface area contributed by atoms with Crippen LogP contribution in [-0.4, -0.2) is 40.4 Å². The summed E-state index contributed by atoms with van der Waals surface area (Å²) in [5.41, 5.74) is 5.04. The van der Waals surface area contributed by atoms with Crippen LogP contribution in [0.15, 0.2) is 41.3 Å². The SMILES string of the molecule is CC1CCc2c(ccc3c2nc(CCn2ccccc2=O)n3C2CCCOC2)N1C. The van der Waals surface area contributed by atoms with Gasteiger partial charge in [-0.25, -0.2) is 4.98 Å². The lowest BCUT2D eigenvalue weighted by atomic mass is 9.96. The lowest BCUT2D eigenvalue weighted by molar-refractivity contribution is 0.0595. The van der Waals surface area contributed by atoms with E-state index in [9.17, 15) is 4.79 Å². The lowest BCUT2D eigenvalue weighted by Crippen LogP contribution is -2.33. The van der Waals surface area contributed by atoms with E-state index in [0.717, 1.165) is 56.7 Å². The number of aromatic nitrogens is 3. The van der Waals surface area contributed by atoms with Gasteiger partial charge in [0, 0.05) is 56.2 Å². The van der Waals surface area contributed by atoms with Crippen molar-refractivity contribution >= 4 is 16.7 Å². The second-order valence-corrected chi connectivity index (χ2v) is 8.68. The molecule has 1 aromatic carbocycles. The van der Waals surface area contributed by atoms with E-state index < -0.39 is 0 Å². The molecule has 0 N–H and O–H groups in total. The highest BCUT2D eigenvalue weighted by molar-refractivity contribution is 5.86. The van der Waals surface area contributed by atoms with Gasteiger partial charge >= 0.3 is 0 Å². The minimum Gasteiger partial charge on any atom is -0.379 e. The zero-order valence-corrected chi connectivity index (χ0v) is 17.9. The summed E-state index contributed by atoms with van der Waals surface area (Å²) < 4.78 is 10.00. The van der Waals surface area contributed by atoms with Gasteiger partial charge in [0.1, 0.15) is 5.82 Å². The van der Waals surface area contributed by atoms with E-state index in [1.54, 1.807) is 16.7 Å². The van der Waals surface area contributed by atoms with E-state index in [1.165, 1.54) is 16.8 Å². The first-order chi connectivity index (χ1) is 14.6. The quantitative estimate of drug-likeness (QED) is 0.665. The molecule has 0 saturated carbocycles. The second-order valence-electron chi connectivity index (χ2n) is 8.68. The normalized spacial score (nSPS) is 21.7. The van der Waals surface area contributed by atoms with E-state index in [4.69, 9.17) is 9.72 Å². The van der Waals surface area contributed by atoms with Crippen molar-refractivity contribution in [1.29, 1.82) is 0 Å². The Morgan fingerprint density at radius 1 is 1.20 bits per heavy atom. The highest BCUT2D eigenvalue weighted by Gasteiger charge is 2.27. The van der Waals surface area contributed by atoms with Gasteiger partial charge in [0.05, 0.1) is 23.7 Å². The van der Waals surface area contributed by atoms with Crippen LogP contribution in [0.5, 0.6) is 0 Å². The molecule has 1 saturated heterocycles. The second kappa shape index (κ2) is 7.91. The summed E-state index contributed by atoms with van der Waals surface area (Å²) in [6.45, 7) is 4.50. The Balaban J connectivity index is 1.59. The average molecular weight is 407 g/mol. The van der Waals surface area contributed by atoms with Gasteiger partial charge < -0.3 is 18.8 Å². The number of fused-ring (bicyclic) bond motifs is 3. The van der Waals surface area contributed by atoms with Crippen LogP contribution in [-0.2, 0) is 24.1 Å². The van der Waals surface area contributed by atoms with Crippen molar-refractivity contribution in [3.63, 3.8) is 0 Å². The van der Waals surface area contributed by atoms with Gasteiger partial charge in [0.15, 0.2) is 0 Å². The number of rotatable bonds is 4. The zero-order valence-electron chi connectivity index (χ0n) is 17.9. The highest BCUT2D eigenvalue weighted by atomic mass is 16.5. The maximum atomic E-state index is 12.2. The molecule has 0 amide bonds. The topological polar surface area (TPSA) is 52.3 Å². The molecule has 158 valence electrons. The van der Waals surface area contributed by atoms with Gasteiger partial charge in [-0.05, 0) is 50.8 Å². The predicted octanol–water partition coefficient (Wildman–Crippen LogP) is 3.56. The monoisotopic (exact) mass is 406 g/mol. The number of anilines is 1. The van der Waals surface area contributed by atoms with Crippen molar-refractivity contribution < 1.29 is 4.74 Å². The molecule has 5 rings (SSSR count). The van der Waals surface area contributed by atoms with Gasteiger partial charge in [-0.2, -0.15) is 0 Å². The molecule has 0 spiro atoms. The first-order valence-corrected chi connectivity index (χ1v) is 11.1. The minimum absolute atomic E-state index is 0.0363. The molecule has 6 heteroatoms. The Hall–Kier alpha value is -2.60. The molecule has 2 aliphatic rings. The minimum atomic E-state index is 0.0363. The van der Waals surface area contributed by atoms with Gasteiger partial charge in [0.2, 0.25) is 0 Å². The maximum absolute atomic E-state index is 12.2. The molecule has 2 atom stereocenters. The van der Waals surface area contributed by atoms with E-state index in [1.807, 2.05) is 12.3 Å². The van der Waals surface area contributed by atoms with Crippen LogP contribution in [0.3, 0.4) is 0 Å². The van der Waals surface area contributed by atoms with Crippen molar-refractivity contribution in [3.05, 3.63) is 58.3 Å². The third-order valence-electron chi connectivity index (χ3n) is 6.85. The molecule has 2 aromatic heterocycles. The molecule has 0 aliphatic carbocycles. The number of aryl methyl sites for hydroxylation is 3. The first kappa shape index (κ1) is 19.4. The van der Waals surface area contributed by atoms with Gasteiger partial charge in [0.25, 0.3) is 5.56 Å². The lowest BCUT2D eigenvalue weighted by Gasteiger charge is -2.34. The molecule has 3 aromatic rings. The first-order valence-electron chi connectivity index (χ1n) is 11.1. The van der Waals surface area contributed by atoms with Crippen LogP contribution < -0.4 is 10.5 Å². The van der Waals surface area contributed by atoms with Crippen molar-refractivity contribution in [2.75, 3.05) is 25.2 Å². The molecule has 0 bridgehead atoms. The van der Waals surface area contributed by atoms with Gasteiger partial charge in [-0.3, -0.25) is 4.79 Å². The molecule has 2 aliphatic heterocycles. The summed E-state index contributed by atoms with van der Waals surface area (Å²) in [5.74, 6) is 1.06.